The molecule has 0 bridgehead atoms. The highest BCUT2D eigenvalue weighted by Gasteiger charge is 2.25. The van der Waals surface area contributed by atoms with Crippen molar-refractivity contribution in [1.82, 2.24) is 0 Å². The summed E-state index contributed by atoms with van der Waals surface area (Å²) < 4.78 is 40.0. The van der Waals surface area contributed by atoms with Crippen LogP contribution in [-0.4, -0.2) is 0 Å². The second kappa shape index (κ2) is 16.0. The van der Waals surface area contributed by atoms with Crippen molar-refractivity contribution in [3.63, 3.8) is 0 Å². The average Bonchev–Trinajstić information content (AvgIpc) is 2.87. The summed E-state index contributed by atoms with van der Waals surface area (Å²) in [5, 5.41) is 0. The van der Waals surface area contributed by atoms with E-state index in [4.69, 9.17) is 0 Å². The molecule has 3 heteroatoms. The molecule has 2 saturated carbocycles. The molecule has 0 N–H and O–H groups in total. The largest absolute Gasteiger partial charge is 0.204 e. The fourth-order valence-corrected chi connectivity index (χ4v) is 6.78. The topological polar surface area (TPSA) is 0 Å². The molecule has 0 nitrogen and oxygen atoms in total. The third-order valence-corrected chi connectivity index (χ3v) is 9.27. The minimum absolute atomic E-state index is 0.585. The van der Waals surface area contributed by atoms with Crippen LogP contribution in [0.25, 0.3) is 0 Å². The van der Waals surface area contributed by atoms with Crippen LogP contribution in [0.5, 0.6) is 0 Å². The lowest BCUT2D eigenvalue weighted by atomic mass is 9.74. The van der Waals surface area contributed by atoms with Gasteiger partial charge < -0.3 is 0 Å². The highest BCUT2D eigenvalue weighted by atomic mass is 19.2. The van der Waals surface area contributed by atoms with Crippen molar-refractivity contribution in [3.05, 3.63) is 35.1 Å². The zero-order chi connectivity index (χ0) is 24.9. The standard InChI is InChI=1S/C32H51F3/c1-2-3-4-5-6-7-8-9-10-25-11-13-26(14-12-25)15-16-27-17-19-28(20-18-27)21-22-29-23-30(33)32(35)31(34)24-29/h23-28H,2-22H2,1H3/t25-,26-,27?,28?. The molecule has 3 rings (SSSR count). The van der Waals surface area contributed by atoms with E-state index < -0.39 is 17.5 Å². The molecular weight excluding hydrogens is 441 g/mol. The quantitative estimate of drug-likeness (QED) is 0.169. The molecule has 0 aliphatic heterocycles. The Morgan fingerprint density at radius 3 is 1.43 bits per heavy atom. The van der Waals surface area contributed by atoms with E-state index in [1.807, 2.05) is 0 Å². The first-order valence-corrected chi connectivity index (χ1v) is 15.2. The molecule has 0 heterocycles. The van der Waals surface area contributed by atoms with Gasteiger partial charge >= 0.3 is 0 Å². The Kier molecular flexibility index (Phi) is 13.0. The first-order chi connectivity index (χ1) is 17.0. The van der Waals surface area contributed by atoms with Gasteiger partial charge in [0.2, 0.25) is 0 Å². The zero-order valence-electron chi connectivity index (χ0n) is 22.4. The first-order valence-electron chi connectivity index (χ1n) is 15.2. The summed E-state index contributed by atoms with van der Waals surface area (Å²) in [5.74, 6) is 0.00918. The number of benzene rings is 1. The number of rotatable bonds is 15. The zero-order valence-corrected chi connectivity index (χ0v) is 22.4. The predicted octanol–water partition coefficient (Wildman–Crippen LogP) is 11.0. The summed E-state index contributed by atoms with van der Waals surface area (Å²) in [6.45, 7) is 2.29. The van der Waals surface area contributed by atoms with Crippen LogP contribution in [0.4, 0.5) is 13.2 Å². The molecule has 35 heavy (non-hydrogen) atoms. The Labute approximate surface area is 213 Å². The van der Waals surface area contributed by atoms with E-state index in [1.54, 1.807) is 0 Å². The van der Waals surface area contributed by atoms with Crippen molar-refractivity contribution in [1.29, 1.82) is 0 Å². The summed E-state index contributed by atoms with van der Waals surface area (Å²) in [6, 6.07) is 2.32. The van der Waals surface area contributed by atoms with Crippen molar-refractivity contribution in [2.75, 3.05) is 0 Å². The van der Waals surface area contributed by atoms with Crippen LogP contribution in [0.3, 0.4) is 0 Å². The third-order valence-electron chi connectivity index (χ3n) is 9.27. The molecule has 2 aliphatic rings. The Bertz CT molecular complexity index is 676. The van der Waals surface area contributed by atoms with E-state index in [-0.39, 0.29) is 0 Å². The summed E-state index contributed by atoms with van der Waals surface area (Å²) in [6.07, 6.45) is 28.3. The van der Waals surface area contributed by atoms with E-state index in [2.05, 4.69) is 6.92 Å². The van der Waals surface area contributed by atoms with Gasteiger partial charge in [-0.25, -0.2) is 13.2 Å². The van der Waals surface area contributed by atoms with Crippen LogP contribution < -0.4 is 0 Å². The predicted molar refractivity (Wildman–Crippen MR) is 142 cm³/mol. The second-order valence-corrected chi connectivity index (χ2v) is 12.0. The van der Waals surface area contributed by atoms with E-state index in [0.29, 0.717) is 17.9 Å². The van der Waals surface area contributed by atoms with Crippen LogP contribution in [0.2, 0.25) is 0 Å². The molecule has 0 radical (unpaired) electrons. The number of hydrogen-bond acceptors (Lipinski definition) is 0. The van der Waals surface area contributed by atoms with Gasteiger partial charge in [0, 0.05) is 0 Å². The van der Waals surface area contributed by atoms with Crippen molar-refractivity contribution in [2.24, 2.45) is 23.7 Å². The van der Waals surface area contributed by atoms with Gasteiger partial charge in [-0.2, -0.15) is 0 Å². The highest BCUT2D eigenvalue weighted by Crippen LogP contribution is 2.38. The van der Waals surface area contributed by atoms with Gasteiger partial charge in [-0.3, -0.25) is 0 Å². The molecule has 1 aromatic rings. The smallest absolute Gasteiger partial charge is 0.194 e. The lowest BCUT2D eigenvalue weighted by Gasteiger charge is -2.32. The molecule has 0 aromatic heterocycles. The molecule has 0 atom stereocenters. The molecular formula is C32H51F3. The summed E-state index contributed by atoms with van der Waals surface area (Å²) >= 11 is 0. The van der Waals surface area contributed by atoms with Crippen molar-refractivity contribution < 1.29 is 13.2 Å². The molecule has 0 saturated heterocycles. The van der Waals surface area contributed by atoms with Crippen molar-refractivity contribution in [3.8, 4) is 0 Å². The molecule has 200 valence electrons. The molecule has 1 aromatic carbocycles. The van der Waals surface area contributed by atoms with Gasteiger partial charge in [-0.1, -0.05) is 129 Å². The maximum absolute atomic E-state index is 13.4. The lowest BCUT2D eigenvalue weighted by Crippen LogP contribution is -2.18. The van der Waals surface area contributed by atoms with Crippen LogP contribution in [0, 0.1) is 41.1 Å². The monoisotopic (exact) mass is 492 g/mol. The highest BCUT2D eigenvalue weighted by molar-refractivity contribution is 5.19. The van der Waals surface area contributed by atoms with Gasteiger partial charge in [-0.05, 0) is 54.2 Å². The number of hydrogen-bond donors (Lipinski definition) is 0. The molecule has 0 spiro atoms. The van der Waals surface area contributed by atoms with Gasteiger partial charge in [0.1, 0.15) is 0 Å². The molecule has 0 unspecified atom stereocenters. The van der Waals surface area contributed by atoms with Gasteiger partial charge in [0.15, 0.2) is 17.5 Å². The van der Waals surface area contributed by atoms with Crippen molar-refractivity contribution in [2.45, 2.75) is 142 Å². The number of unbranched alkanes of at least 4 members (excludes halogenated alkanes) is 7. The van der Waals surface area contributed by atoms with Crippen LogP contribution in [0.1, 0.15) is 141 Å². The summed E-state index contributed by atoms with van der Waals surface area (Å²) in [4.78, 5) is 0. The maximum atomic E-state index is 13.4. The Balaban J connectivity index is 1.19. The Morgan fingerprint density at radius 2 is 0.943 bits per heavy atom. The lowest BCUT2D eigenvalue weighted by molar-refractivity contribution is 0.208. The van der Waals surface area contributed by atoms with Crippen LogP contribution in [-0.2, 0) is 6.42 Å². The second-order valence-electron chi connectivity index (χ2n) is 12.0. The molecule has 2 aliphatic carbocycles. The van der Waals surface area contributed by atoms with E-state index in [0.717, 1.165) is 36.3 Å². The van der Waals surface area contributed by atoms with E-state index >= 15 is 0 Å². The fourth-order valence-electron chi connectivity index (χ4n) is 6.78. The molecule has 2 fully saturated rings. The van der Waals surface area contributed by atoms with Crippen LogP contribution >= 0.6 is 0 Å². The number of aryl methyl sites for hydroxylation is 1. The van der Waals surface area contributed by atoms with Crippen molar-refractivity contribution >= 4 is 0 Å². The van der Waals surface area contributed by atoms with Gasteiger partial charge in [-0.15, -0.1) is 0 Å². The summed E-state index contributed by atoms with van der Waals surface area (Å²) in [7, 11) is 0. The third kappa shape index (κ3) is 10.5. The Morgan fingerprint density at radius 1 is 0.543 bits per heavy atom. The van der Waals surface area contributed by atoms with Crippen LogP contribution in [0.15, 0.2) is 12.1 Å². The Hall–Kier alpha value is -0.990. The minimum atomic E-state index is -1.36. The first kappa shape index (κ1) is 28.6. The normalized spacial score (nSPS) is 25.1. The van der Waals surface area contributed by atoms with Gasteiger partial charge in [0.05, 0.1) is 0 Å². The van der Waals surface area contributed by atoms with E-state index in [9.17, 15) is 13.2 Å². The van der Waals surface area contributed by atoms with E-state index in [1.165, 1.54) is 122 Å². The minimum Gasteiger partial charge on any atom is -0.204 e. The maximum Gasteiger partial charge on any atom is 0.194 e. The molecule has 0 amide bonds. The fraction of sp³-hybridized carbons (Fsp3) is 0.812. The summed E-state index contributed by atoms with van der Waals surface area (Å²) in [5.41, 5.74) is 0.585. The number of halogens is 3. The van der Waals surface area contributed by atoms with Gasteiger partial charge in [0.25, 0.3) is 0 Å². The average molecular weight is 493 g/mol. The SMILES string of the molecule is CCCCCCCCCC[C@H]1CC[C@H](CCC2CCC(CCc3cc(F)c(F)c(F)c3)CC2)CC1.